The van der Waals surface area contributed by atoms with Crippen LogP contribution in [-0.2, 0) is 0 Å². The summed E-state index contributed by atoms with van der Waals surface area (Å²) in [5, 5.41) is 13.4. The molecule has 15 heavy (non-hydrogen) atoms. The summed E-state index contributed by atoms with van der Waals surface area (Å²) < 4.78 is 0. The maximum absolute atomic E-state index is 10.0. The minimum Gasteiger partial charge on any atom is -0.390 e. The Morgan fingerprint density at radius 1 is 1.33 bits per heavy atom. The summed E-state index contributed by atoms with van der Waals surface area (Å²) in [6.45, 7) is 1.80. The predicted octanol–water partition coefficient (Wildman–Crippen LogP) is 0.871. The predicted molar refractivity (Wildman–Crippen MR) is 60.1 cm³/mol. The number of piperidine rings is 1. The van der Waals surface area contributed by atoms with Gasteiger partial charge in [-0.25, -0.2) is 0 Å². The van der Waals surface area contributed by atoms with Gasteiger partial charge < -0.3 is 15.3 Å². The third kappa shape index (κ3) is 1.34. The maximum Gasteiger partial charge on any atom is 0.0874 e. The quantitative estimate of drug-likeness (QED) is 0.658. The molecule has 0 radical (unpaired) electrons. The number of anilines is 1. The Morgan fingerprint density at radius 2 is 2.13 bits per heavy atom. The normalized spacial score (nSPS) is 34.4. The van der Waals surface area contributed by atoms with E-state index in [0.717, 1.165) is 13.1 Å². The fourth-order valence-corrected chi connectivity index (χ4v) is 2.84. The van der Waals surface area contributed by atoms with Crippen molar-refractivity contribution in [3.63, 3.8) is 0 Å². The fourth-order valence-electron chi connectivity index (χ4n) is 2.84. The number of rotatable bonds is 0. The van der Waals surface area contributed by atoms with Crippen LogP contribution in [0.25, 0.3) is 0 Å². The summed E-state index contributed by atoms with van der Waals surface area (Å²) in [7, 11) is 2.07. The molecule has 0 aliphatic carbocycles. The number of nitrogens with one attached hydrogen (secondary N) is 1. The number of hydrogen-bond acceptors (Lipinski definition) is 3. The summed E-state index contributed by atoms with van der Waals surface area (Å²) in [4.78, 5) is 2.20. The molecule has 1 aromatic rings. The summed E-state index contributed by atoms with van der Waals surface area (Å²) >= 11 is 0. The van der Waals surface area contributed by atoms with E-state index in [1.165, 1.54) is 11.3 Å². The van der Waals surface area contributed by atoms with Crippen LogP contribution in [0.3, 0.4) is 0 Å². The molecular formula is C12H16N2O. The molecular weight excluding hydrogens is 188 g/mol. The van der Waals surface area contributed by atoms with Crippen LogP contribution >= 0.6 is 0 Å². The first kappa shape index (κ1) is 9.19. The molecule has 3 rings (SSSR count). The second-order valence-corrected chi connectivity index (χ2v) is 4.65. The van der Waals surface area contributed by atoms with Gasteiger partial charge in [0.25, 0.3) is 0 Å². The first-order valence-electron chi connectivity index (χ1n) is 5.48. The zero-order chi connectivity index (χ0) is 10.4. The molecule has 0 bridgehead atoms. The van der Waals surface area contributed by atoms with Gasteiger partial charge in [0.05, 0.1) is 12.1 Å². The first-order valence-corrected chi connectivity index (χ1v) is 5.48. The van der Waals surface area contributed by atoms with Crippen molar-refractivity contribution in [2.45, 2.75) is 18.1 Å². The van der Waals surface area contributed by atoms with E-state index in [2.05, 4.69) is 35.5 Å². The van der Waals surface area contributed by atoms with Crippen molar-refractivity contribution in [1.82, 2.24) is 4.90 Å². The van der Waals surface area contributed by atoms with E-state index in [0.29, 0.717) is 5.92 Å². The average molecular weight is 204 g/mol. The zero-order valence-electron chi connectivity index (χ0n) is 8.85. The standard InChI is InChI=1S/C12H16N2O/c1-14-6-9-8-4-2-3-5-10(8)13-12(9)11(15)7-14/h2-5,9,11-13,15H,6-7H2,1H3/t9-,11-,12+/m0/s1. The lowest BCUT2D eigenvalue weighted by atomic mass is 9.88. The van der Waals surface area contributed by atoms with Crippen molar-refractivity contribution in [3.05, 3.63) is 29.8 Å². The smallest absolute Gasteiger partial charge is 0.0874 e. The van der Waals surface area contributed by atoms with Crippen LogP contribution in [0.15, 0.2) is 24.3 Å². The van der Waals surface area contributed by atoms with Crippen molar-refractivity contribution in [1.29, 1.82) is 0 Å². The molecule has 2 aliphatic heterocycles. The van der Waals surface area contributed by atoms with E-state index in [1.807, 2.05) is 6.07 Å². The topological polar surface area (TPSA) is 35.5 Å². The maximum atomic E-state index is 10.0. The number of fused-ring (bicyclic) bond motifs is 3. The molecule has 2 N–H and O–H groups in total. The van der Waals surface area contributed by atoms with Crippen LogP contribution in [-0.4, -0.2) is 42.3 Å². The molecule has 0 amide bonds. The van der Waals surface area contributed by atoms with E-state index < -0.39 is 0 Å². The van der Waals surface area contributed by atoms with Gasteiger partial charge in [0.1, 0.15) is 0 Å². The highest BCUT2D eigenvalue weighted by molar-refractivity contribution is 5.60. The van der Waals surface area contributed by atoms with Crippen molar-refractivity contribution in [2.24, 2.45) is 0 Å². The SMILES string of the molecule is CN1C[C@H](O)[C@@H]2Nc3ccccc3[C@@H]2C1. The minimum atomic E-state index is -0.263. The number of hydrogen-bond donors (Lipinski definition) is 2. The minimum absolute atomic E-state index is 0.207. The Kier molecular flexibility index (Phi) is 1.97. The molecule has 0 aromatic heterocycles. The first-order chi connectivity index (χ1) is 7.25. The van der Waals surface area contributed by atoms with E-state index >= 15 is 0 Å². The van der Waals surface area contributed by atoms with Gasteiger partial charge in [0.15, 0.2) is 0 Å². The Bertz CT molecular complexity index is 380. The van der Waals surface area contributed by atoms with E-state index in [-0.39, 0.29) is 12.1 Å². The lowest BCUT2D eigenvalue weighted by Gasteiger charge is -2.36. The van der Waals surface area contributed by atoms with Crippen molar-refractivity contribution < 1.29 is 5.11 Å². The number of aliphatic hydroxyl groups is 1. The lowest BCUT2D eigenvalue weighted by molar-refractivity contribution is 0.0641. The Balaban J connectivity index is 1.98. The second-order valence-electron chi connectivity index (χ2n) is 4.65. The number of nitrogens with zero attached hydrogens (tertiary/aromatic N) is 1. The highest BCUT2D eigenvalue weighted by atomic mass is 16.3. The van der Waals surface area contributed by atoms with Crippen LogP contribution in [0, 0.1) is 0 Å². The molecule has 2 aliphatic rings. The number of likely N-dealkylation sites (tertiary alicyclic amines) is 1. The highest BCUT2D eigenvalue weighted by Gasteiger charge is 2.40. The van der Waals surface area contributed by atoms with Gasteiger partial charge in [-0.05, 0) is 18.7 Å². The second kappa shape index (κ2) is 3.22. The third-order valence-electron chi connectivity index (χ3n) is 3.54. The monoisotopic (exact) mass is 204 g/mol. The van der Waals surface area contributed by atoms with Crippen molar-refractivity contribution >= 4 is 5.69 Å². The highest BCUT2D eigenvalue weighted by Crippen LogP contribution is 2.39. The summed E-state index contributed by atoms with van der Waals surface area (Å²) in [6.07, 6.45) is -0.263. The molecule has 3 heteroatoms. The van der Waals surface area contributed by atoms with Crippen LogP contribution in [0.5, 0.6) is 0 Å². The molecule has 1 saturated heterocycles. The fraction of sp³-hybridized carbons (Fsp3) is 0.500. The van der Waals surface area contributed by atoms with Gasteiger partial charge in [-0.15, -0.1) is 0 Å². The lowest BCUT2D eigenvalue weighted by Crippen LogP contribution is -2.50. The molecule has 3 atom stereocenters. The van der Waals surface area contributed by atoms with Crippen LogP contribution in [0.4, 0.5) is 5.69 Å². The van der Waals surface area contributed by atoms with Crippen molar-refractivity contribution in [2.75, 3.05) is 25.5 Å². The molecule has 0 saturated carbocycles. The average Bonchev–Trinajstić information content (AvgIpc) is 2.57. The van der Waals surface area contributed by atoms with Crippen LogP contribution in [0.1, 0.15) is 11.5 Å². The van der Waals surface area contributed by atoms with Gasteiger partial charge in [-0.3, -0.25) is 0 Å². The molecule has 1 aromatic carbocycles. The van der Waals surface area contributed by atoms with Gasteiger partial charge in [0, 0.05) is 24.7 Å². The third-order valence-corrected chi connectivity index (χ3v) is 3.54. The van der Waals surface area contributed by atoms with Crippen LogP contribution < -0.4 is 5.32 Å². The summed E-state index contributed by atoms with van der Waals surface area (Å²) in [5.74, 6) is 0.440. The summed E-state index contributed by atoms with van der Waals surface area (Å²) in [6, 6.07) is 8.58. The van der Waals surface area contributed by atoms with Gasteiger partial charge in [-0.1, -0.05) is 18.2 Å². The number of para-hydroxylation sites is 1. The number of aliphatic hydroxyl groups excluding tert-OH is 1. The van der Waals surface area contributed by atoms with Gasteiger partial charge in [0.2, 0.25) is 0 Å². The van der Waals surface area contributed by atoms with Gasteiger partial charge in [-0.2, -0.15) is 0 Å². The molecule has 3 nitrogen and oxygen atoms in total. The molecule has 80 valence electrons. The molecule has 0 unspecified atom stereocenters. The van der Waals surface area contributed by atoms with E-state index in [9.17, 15) is 5.11 Å². The number of β-amino-alcohol motifs (C(OH)–C–C–N with tert-alkyl or cyclic N) is 1. The molecule has 0 spiro atoms. The Labute approximate surface area is 89.7 Å². The number of benzene rings is 1. The summed E-state index contributed by atoms with van der Waals surface area (Å²) in [5.41, 5.74) is 2.55. The van der Waals surface area contributed by atoms with E-state index in [4.69, 9.17) is 0 Å². The van der Waals surface area contributed by atoms with Crippen molar-refractivity contribution in [3.8, 4) is 0 Å². The Hall–Kier alpha value is -1.06. The Morgan fingerprint density at radius 3 is 3.00 bits per heavy atom. The van der Waals surface area contributed by atoms with Gasteiger partial charge >= 0.3 is 0 Å². The number of likely N-dealkylation sites (N-methyl/N-ethyl adjacent to an activating group) is 1. The zero-order valence-corrected chi connectivity index (χ0v) is 8.85. The van der Waals surface area contributed by atoms with E-state index in [1.54, 1.807) is 0 Å². The largest absolute Gasteiger partial charge is 0.390 e. The molecule has 1 fully saturated rings. The van der Waals surface area contributed by atoms with Crippen LogP contribution in [0.2, 0.25) is 0 Å². The molecule has 2 heterocycles.